The van der Waals surface area contributed by atoms with E-state index in [1.165, 1.54) is 0 Å². The first-order chi connectivity index (χ1) is 14.6. The molecule has 6 heteroatoms. The highest BCUT2D eigenvalue weighted by Crippen LogP contribution is 2.33. The third-order valence-electron chi connectivity index (χ3n) is 4.93. The number of anilines is 2. The lowest BCUT2D eigenvalue weighted by atomic mass is 10.0. The number of fused-ring (bicyclic) bond motifs is 1. The summed E-state index contributed by atoms with van der Waals surface area (Å²) in [5.74, 6) is -0.363. The zero-order valence-corrected chi connectivity index (χ0v) is 16.9. The lowest BCUT2D eigenvalue weighted by molar-refractivity contribution is 0.0707. The molecule has 150 valence electrons. The van der Waals surface area contributed by atoms with Crippen molar-refractivity contribution in [2.75, 3.05) is 17.2 Å². The van der Waals surface area contributed by atoms with Crippen LogP contribution in [0.15, 0.2) is 85.5 Å². The number of para-hydroxylation sites is 1. The second-order valence-electron chi connectivity index (χ2n) is 6.90. The minimum absolute atomic E-state index is 0.0697. The number of carbonyl (C=O) groups is 2. The van der Waals surface area contributed by atoms with Gasteiger partial charge in [0.15, 0.2) is 0 Å². The van der Waals surface area contributed by atoms with Crippen LogP contribution in [-0.2, 0) is 0 Å². The molecule has 0 aromatic heterocycles. The first-order valence-electron chi connectivity index (χ1n) is 9.52. The van der Waals surface area contributed by atoms with Crippen molar-refractivity contribution in [3.05, 3.63) is 107 Å². The van der Waals surface area contributed by atoms with Gasteiger partial charge in [-0.15, -0.1) is 6.58 Å². The molecule has 1 heterocycles. The average Bonchev–Trinajstić information content (AvgIpc) is 2.76. The van der Waals surface area contributed by atoms with Crippen molar-refractivity contribution < 1.29 is 9.59 Å². The molecule has 3 aromatic carbocycles. The number of halogens is 1. The first kappa shape index (κ1) is 19.7. The Morgan fingerprint density at radius 1 is 1.10 bits per heavy atom. The highest BCUT2D eigenvalue weighted by Gasteiger charge is 2.32. The van der Waals surface area contributed by atoms with Gasteiger partial charge in [-0.25, -0.2) is 0 Å². The normalized spacial score (nSPS) is 15.2. The summed E-state index contributed by atoms with van der Waals surface area (Å²) < 4.78 is 0. The van der Waals surface area contributed by atoms with Crippen LogP contribution in [0, 0.1) is 0 Å². The van der Waals surface area contributed by atoms with Gasteiger partial charge in [-0.3, -0.25) is 9.59 Å². The van der Waals surface area contributed by atoms with Crippen LogP contribution in [0.4, 0.5) is 11.4 Å². The van der Waals surface area contributed by atoms with Gasteiger partial charge >= 0.3 is 0 Å². The summed E-state index contributed by atoms with van der Waals surface area (Å²) in [7, 11) is 0. The van der Waals surface area contributed by atoms with Gasteiger partial charge in [0.1, 0.15) is 6.17 Å². The monoisotopic (exact) mass is 417 g/mol. The van der Waals surface area contributed by atoms with E-state index in [2.05, 4.69) is 17.2 Å². The van der Waals surface area contributed by atoms with Crippen LogP contribution in [0.5, 0.6) is 0 Å². The van der Waals surface area contributed by atoms with Gasteiger partial charge in [0, 0.05) is 17.9 Å². The number of hydrogen-bond acceptors (Lipinski definition) is 3. The van der Waals surface area contributed by atoms with E-state index in [9.17, 15) is 9.59 Å². The Morgan fingerprint density at radius 3 is 2.67 bits per heavy atom. The van der Waals surface area contributed by atoms with Crippen LogP contribution in [-0.4, -0.2) is 23.3 Å². The lowest BCUT2D eigenvalue weighted by Gasteiger charge is -2.37. The fourth-order valence-electron chi connectivity index (χ4n) is 3.51. The largest absolute Gasteiger partial charge is 0.361 e. The Labute approximate surface area is 180 Å². The Morgan fingerprint density at radius 2 is 1.87 bits per heavy atom. The maximum atomic E-state index is 13.0. The number of nitrogens with zero attached hydrogens (tertiary/aromatic N) is 1. The van der Waals surface area contributed by atoms with Crippen LogP contribution >= 0.6 is 11.6 Å². The third kappa shape index (κ3) is 3.80. The van der Waals surface area contributed by atoms with Crippen molar-refractivity contribution in [1.29, 1.82) is 0 Å². The molecule has 0 radical (unpaired) electrons. The van der Waals surface area contributed by atoms with Gasteiger partial charge in [-0.2, -0.15) is 0 Å². The quantitative estimate of drug-likeness (QED) is 0.550. The van der Waals surface area contributed by atoms with Crippen LogP contribution in [0.2, 0.25) is 5.02 Å². The first-order valence-corrected chi connectivity index (χ1v) is 9.89. The molecule has 1 aliphatic heterocycles. The molecular formula is C24H20ClN3O2. The second-order valence-corrected chi connectivity index (χ2v) is 7.31. The molecule has 4 rings (SSSR count). The van der Waals surface area contributed by atoms with E-state index >= 15 is 0 Å². The molecule has 0 saturated carbocycles. The van der Waals surface area contributed by atoms with Gasteiger partial charge in [-0.05, 0) is 42.0 Å². The predicted molar refractivity (Wildman–Crippen MR) is 120 cm³/mol. The summed E-state index contributed by atoms with van der Waals surface area (Å²) in [5, 5.41) is 6.69. The van der Waals surface area contributed by atoms with Crippen LogP contribution in [0.3, 0.4) is 0 Å². The van der Waals surface area contributed by atoms with Gasteiger partial charge in [0.05, 0.1) is 16.1 Å². The van der Waals surface area contributed by atoms with Gasteiger partial charge < -0.3 is 15.5 Å². The van der Waals surface area contributed by atoms with Crippen molar-refractivity contribution >= 4 is 34.8 Å². The molecule has 0 aliphatic carbocycles. The molecule has 1 aliphatic rings. The lowest BCUT2D eigenvalue weighted by Crippen LogP contribution is -2.43. The van der Waals surface area contributed by atoms with Gasteiger partial charge in [0.25, 0.3) is 11.8 Å². The molecule has 0 bridgehead atoms. The second kappa shape index (κ2) is 8.43. The maximum Gasteiger partial charge on any atom is 0.258 e. The standard InChI is InChI=1S/C24H20ClN3O2/c1-2-14-28-22(27-21-13-6-4-11-19(21)24(28)30)16-8-7-9-17(15-16)26-23(29)18-10-3-5-12-20(18)25/h2-13,15,22,27H,1,14H2,(H,26,29)/t22-/m1/s1. The third-order valence-corrected chi connectivity index (χ3v) is 5.26. The summed E-state index contributed by atoms with van der Waals surface area (Å²) >= 11 is 6.13. The van der Waals surface area contributed by atoms with Crippen LogP contribution in [0.25, 0.3) is 0 Å². The van der Waals surface area contributed by atoms with Gasteiger partial charge in [-0.1, -0.05) is 54.1 Å². The minimum atomic E-state index is -0.387. The van der Waals surface area contributed by atoms with E-state index in [4.69, 9.17) is 11.6 Å². The molecule has 0 spiro atoms. The van der Waals surface area contributed by atoms with Crippen LogP contribution < -0.4 is 10.6 Å². The van der Waals surface area contributed by atoms with Crippen molar-refractivity contribution in [3.63, 3.8) is 0 Å². The maximum absolute atomic E-state index is 13.0. The zero-order valence-electron chi connectivity index (χ0n) is 16.1. The summed E-state index contributed by atoms with van der Waals surface area (Å²) in [6.45, 7) is 4.17. The van der Waals surface area contributed by atoms with E-state index in [1.807, 2.05) is 36.4 Å². The Bertz CT molecular complexity index is 1130. The summed E-state index contributed by atoms with van der Waals surface area (Å²) in [5.41, 5.74) is 3.26. The number of rotatable bonds is 5. The zero-order chi connectivity index (χ0) is 21.1. The molecule has 1 atom stereocenters. The van der Waals surface area contributed by atoms with E-state index in [0.717, 1.165) is 11.3 Å². The fourth-order valence-corrected chi connectivity index (χ4v) is 3.74. The molecule has 2 amide bonds. The van der Waals surface area contributed by atoms with Crippen LogP contribution in [0.1, 0.15) is 32.4 Å². The molecule has 30 heavy (non-hydrogen) atoms. The van der Waals surface area contributed by atoms with Crippen molar-refractivity contribution in [3.8, 4) is 0 Å². The topological polar surface area (TPSA) is 61.4 Å². The van der Waals surface area contributed by atoms with Crippen molar-refractivity contribution in [2.24, 2.45) is 0 Å². The van der Waals surface area contributed by atoms with Crippen molar-refractivity contribution in [1.82, 2.24) is 4.90 Å². The summed E-state index contributed by atoms with van der Waals surface area (Å²) in [6, 6.07) is 21.7. The Kier molecular flexibility index (Phi) is 5.55. The van der Waals surface area contributed by atoms with E-state index in [-0.39, 0.29) is 18.0 Å². The molecule has 0 fully saturated rings. The smallest absolute Gasteiger partial charge is 0.258 e. The average molecular weight is 418 g/mol. The molecular weight excluding hydrogens is 398 g/mol. The highest BCUT2D eigenvalue weighted by molar-refractivity contribution is 6.34. The van der Waals surface area contributed by atoms with E-state index < -0.39 is 0 Å². The molecule has 0 saturated heterocycles. The minimum Gasteiger partial charge on any atom is -0.361 e. The number of carbonyl (C=O) groups excluding carboxylic acids is 2. The number of benzene rings is 3. The Hall–Kier alpha value is -3.57. The molecule has 3 aromatic rings. The van der Waals surface area contributed by atoms with Crippen molar-refractivity contribution in [2.45, 2.75) is 6.17 Å². The number of nitrogens with one attached hydrogen (secondary N) is 2. The summed E-state index contributed by atoms with van der Waals surface area (Å²) in [4.78, 5) is 27.4. The fraction of sp³-hybridized carbons (Fsp3) is 0.0833. The van der Waals surface area contributed by atoms with E-state index in [0.29, 0.717) is 28.4 Å². The highest BCUT2D eigenvalue weighted by atomic mass is 35.5. The SMILES string of the molecule is C=CCN1C(=O)c2ccccc2N[C@H]1c1cccc(NC(=O)c2ccccc2Cl)c1. The van der Waals surface area contributed by atoms with E-state index in [1.54, 1.807) is 47.4 Å². The predicted octanol–water partition coefficient (Wildman–Crippen LogP) is 5.34. The molecule has 2 N–H and O–H groups in total. The van der Waals surface area contributed by atoms with Gasteiger partial charge in [0.2, 0.25) is 0 Å². The number of amides is 2. The summed E-state index contributed by atoms with van der Waals surface area (Å²) in [6.07, 6.45) is 1.31. The number of hydrogen-bond donors (Lipinski definition) is 2. The molecule has 0 unspecified atom stereocenters. The Balaban J connectivity index is 1.64. The molecule has 5 nitrogen and oxygen atoms in total.